The number of rotatable bonds is 12. The second kappa shape index (κ2) is 12.3. The molecule has 5 heteroatoms. The van der Waals surface area contributed by atoms with Crippen LogP contribution < -0.4 is 4.74 Å². The van der Waals surface area contributed by atoms with Gasteiger partial charge in [-0.05, 0) is 75.2 Å². The molecular formula is C29H37N3O2. The lowest BCUT2D eigenvalue weighted by atomic mass is 9.98. The van der Waals surface area contributed by atoms with Crippen molar-refractivity contribution in [1.29, 1.82) is 0 Å². The first kappa shape index (κ1) is 25.4. The number of carbonyl (C=O) groups is 1. The van der Waals surface area contributed by atoms with Gasteiger partial charge in [0.15, 0.2) is 6.29 Å². The topological polar surface area (TPSA) is 46.8 Å². The highest BCUT2D eigenvalue weighted by atomic mass is 16.5. The molecule has 0 radical (unpaired) electrons. The summed E-state index contributed by atoms with van der Waals surface area (Å²) in [6.07, 6.45) is 10.9. The Morgan fingerprint density at radius 3 is 2.74 bits per heavy atom. The molecule has 180 valence electrons. The van der Waals surface area contributed by atoms with Crippen molar-refractivity contribution >= 4 is 17.5 Å². The fourth-order valence-corrected chi connectivity index (χ4v) is 4.10. The summed E-state index contributed by atoms with van der Waals surface area (Å²) in [7, 11) is 2.16. The monoisotopic (exact) mass is 459 g/mol. The number of ether oxygens (including phenoxy) is 1. The van der Waals surface area contributed by atoms with Crippen molar-refractivity contribution in [3.8, 4) is 5.75 Å². The molecule has 3 aromatic rings. The molecule has 0 amide bonds. The zero-order valence-electron chi connectivity index (χ0n) is 21.1. The number of aldehydes is 1. The summed E-state index contributed by atoms with van der Waals surface area (Å²) in [6, 6.07) is 12.3. The molecule has 0 saturated carbocycles. The first-order valence-electron chi connectivity index (χ1n) is 12.1. The number of nitrogens with zero attached hydrogens (tertiary/aromatic N) is 3. The van der Waals surface area contributed by atoms with E-state index < -0.39 is 0 Å². The third-order valence-electron chi connectivity index (χ3n) is 5.94. The largest absolute Gasteiger partial charge is 0.486 e. The quantitative estimate of drug-likeness (QED) is 0.248. The van der Waals surface area contributed by atoms with E-state index in [-0.39, 0.29) is 6.61 Å². The highest BCUT2D eigenvalue weighted by molar-refractivity contribution is 5.74. The van der Waals surface area contributed by atoms with Crippen LogP contribution in [0.2, 0.25) is 0 Å². The lowest BCUT2D eigenvalue weighted by molar-refractivity contribution is -0.109. The number of carbonyl (C=O) groups excluding carboxylic acids is 1. The maximum atomic E-state index is 11.0. The molecule has 34 heavy (non-hydrogen) atoms. The van der Waals surface area contributed by atoms with E-state index in [1.807, 2.05) is 50.3 Å². The normalized spacial score (nSPS) is 12.4. The predicted octanol–water partition coefficient (Wildman–Crippen LogP) is 5.96. The predicted molar refractivity (Wildman–Crippen MR) is 140 cm³/mol. The molecule has 0 aliphatic rings. The van der Waals surface area contributed by atoms with Gasteiger partial charge in [0.2, 0.25) is 0 Å². The molecule has 2 heterocycles. The number of imidazole rings is 1. The molecule has 0 bridgehead atoms. The van der Waals surface area contributed by atoms with E-state index in [1.165, 1.54) is 0 Å². The number of aromatic nitrogens is 2. The van der Waals surface area contributed by atoms with Crippen LogP contribution in [0.15, 0.2) is 60.8 Å². The summed E-state index contributed by atoms with van der Waals surface area (Å²) >= 11 is 0. The molecule has 1 aromatic carbocycles. The first-order valence-corrected chi connectivity index (χ1v) is 12.1. The van der Waals surface area contributed by atoms with Crippen LogP contribution in [0.5, 0.6) is 5.75 Å². The van der Waals surface area contributed by atoms with Crippen molar-refractivity contribution < 1.29 is 9.53 Å². The van der Waals surface area contributed by atoms with E-state index in [1.54, 1.807) is 0 Å². The van der Waals surface area contributed by atoms with Gasteiger partial charge in [0.25, 0.3) is 0 Å². The zero-order chi connectivity index (χ0) is 24.5. The van der Waals surface area contributed by atoms with Crippen LogP contribution in [0.1, 0.15) is 56.6 Å². The standard InChI is InChI=1S/C29H37N3O2/c1-6-10-23(7-2)24-12-13-28(34-18-17-33)25(19-24)20-27-26(21-31(5)16-14-22(3)4)30-29-11-8-9-15-32(27)29/h6-13,15,17,19,22H,14,16,18,20-21H2,1-5H3/b10-6-,23-7+. The smallest absolute Gasteiger partial charge is 0.157 e. The molecular weight excluding hydrogens is 422 g/mol. The van der Waals surface area contributed by atoms with Crippen molar-refractivity contribution in [3.05, 3.63) is 83.3 Å². The van der Waals surface area contributed by atoms with Gasteiger partial charge in [0, 0.05) is 24.7 Å². The Kier molecular flexibility index (Phi) is 9.23. The zero-order valence-corrected chi connectivity index (χ0v) is 21.1. The number of hydrogen-bond donors (Lipinski definition) is 0. The summed E-state index contributed by atoms with van der Waals surface area (Å²) in [4.78, 5) is 18.3. The van der Waals surface area contributed by atoms with Crippen molar-refractivity contribution in [3.63, 3.8) is 0 Å². The fourth-order valence-electron chi connectivity index (χ4n) is 4.10. The van der Waals surface area contributed by atoms with Crippen LogP contribution in [0, 0.1) is 5.92 Å². The molecule has 3 rings (SSSR count). The summed E-state index contributed by atoms with van der Waals surface area (Å²) in [6.45, 7) is 10.4. The summed E-state index contributed by atoms with van der Waals surface area (Å²) in [5.41, 5.74) is 6.48. The number of hydrogen-bond acceptors (Lipinski definition) is 4. The summed E-state index contributed by atoms with van der Waals surface area (Å²) in [5.74, 6) is 1.40. The second-order valence-electron chi connectivity index (χ2n) is 9.08. The minimum absolute atomic E-state index is 0.0373. The Balaban J connectivity index is 2.03. The van der Waals surface area contributed by atoms with Crippen LogP contribution >= 0.6 is 0 Å². The van der Waals surface area contributed by atoms with Gasteiger partial charge in [-0.2, -0.15) is 0 Å². The van der Waals surface area contributed by atoms with Crippen LogP contribution in [-0.2, 0) is 17.8 Å². The maximum absolute atomic E-state index is 11.0. The molecule has 0 unspecified atom stereocenters. The van der Waals surface area contributed by atoms with Crippen molar-refractivity contribution in [2.24, 2.45) is 5.92 Å². The highest BCUT2D eigenvalue weighted by Gasteiger charge is 2.17. The van der Waals surface area contributed by atoms with Gasteiger partial charge < -0.3 is 14.0 Å². The number of pyridine rings is 1. The third-order valence-corrected chi connectivity index (χ3v) is 5.94. The van der Waals surface area contributed by atoms with E-state index >= 15 is 0 Å². The Morgan fingerprint density at radius 2 is 2.03 bits per heavy atom. The maximum Gasteiger partial charge on any atom is 0.157 e. The minimum Gasteiger partial charge on any atom is -0.486 e. The molecule has 0 atom stereocenters. The summed E-state index contributed by atoms with van der Waals surface area (Å²) in [5, 5.41) is 0. The molecule has 0 aliphatic carbocycles. The van der Waals surface area contributed by atoms with Crippen molar-refractivity contribution in [2.45, 2.75) is 47.1 Å². The van der Waals surface area contributed by atoms with Gasteiger partial charge in [-0.3, -0.25) is 4.79 Å². The van der Waals surface area contributed by atoms with Gasteiger partial charge in [-0.15, -0.1) is 0 Å². The van der Waals surface area contributed by atoms with Crippen molar-refractivity contribution in [1.82, 2.24) is 14.3 Å². The SMILES string of the molecule is C/C=C\C(=C/C)c1ccc(OCC=O)c(Cc2c(CN(C)CCC(C)C)nc3ccccn23)c1. The molecule has 0 fully saturated rings. The van der Waals surface area contributed by atoms with Gasteiger partial charge in [-0.1, -0.05) is 44.2 Å². The average molecular weight is 460 g/mol. The second-order valence-corrected chi connectivity index (χ2v) is 9.08. The van der Waals surface area contributed by atoms with E-state index in [2.05, 4.69) is 54.6 Å². The van der Waals surface area contributed by atoms with E-state index in [0.717, 1.165) is 65.3 Å². The lowest BCUT2D eigenvalue weighted by Gasteiger charge is -2.18. The Bertz CT molecular complexity index is 1160. The number of allylic oxidation sites excluding steroid dienone is 4. The molecule has 0 saturated heterocycles. The molecule has 0 aliphatic heterocycles. The third kappa shape index (κ3) is 6.45. The molecule has 0 spiro atoms. The van der Waals surface area contributed by atoms with Crippen molar-refractivity contribution in [2.75, 3.05) is 20.2 Å². The van der Waals surface area contributed by atoms with E-state index in [9.17, 15) is 4.79 Å². The average Bonchev–Trinajstić information content (AvgIpc) is 3.17. The Hall–Kier alpha value is -3.18. The Morgan fingerprint density at radius 1 is 1.21 bits per heavy atom. The van der Waals surface area contributed by atoms with Gasteiger partial charge in [0.1, 0.15) is 18.0 Å². The molecule has 5 nitrogen and oxygen atoms in total. The lowest BCUT2D eigenvalue weighted by Crippen LogP contribution is -2.21. The van der Waals surface area contributed by atoms with E-state index in [4.69, 9.17) is 9.72 Å². The number of fused-ring (bicyclic) bond motifs is 1. The number of benzene rings is 1. The van der Waals surface area contributed by atoms with Gasteiger partial charge in [0.05, 0.1) is 11.4 Å². The highest BCUT2D eigenvalue weighted by Crippen LogP contribution is 2.29. The summed E-state index contributed by atoms with van der Waals surface area (Å²) < 4.78 is 7.99. The van der Waals surface area contributed by atoms with E-state index in [0.29, 0.717) is 12.3 Å². The van der Waals surface area contributed by atoms with Gasteiger partial charge in [-0.25, -0.2) is 4.98 Å². The Labute approximate surface area is 203 Å². The van der Waals surface area contributed by atoms with Crippen LogP contribution in [-0.4, -0.2) is 40.8 Å². The van der Waals surface area contributed by atoms with Crippen LogP contribution in [0.25, 0.3) is 11.2 Å². The fraction of sp³-hybridized carbons (Fsp3) is 0.379. The van der Waals surface area contributed by atoms with Crippen LogP contribution in [0.3, 0.4) is 0 Å². The van der Waals surface area contributed by atoms with Gasteiger partial charge >= 0.3 is 0 Å². The molecule has 2 aromatic heterocycles. The first-order chi connectivity index (χ1) is 16.5. The minimum atomic E-state index is 0.0373. The van der Waals surface area contributed by atoms with Crippen LogP contribution in [0.4, 0.5) is 0 Å². The molecule has 0 N–H and O–H groups in total.